The second-order valence-corrected chi connectivity index (χ2v) is 7.07. The summed E-state index contributed by atoms with van der Waals surface area (Å²) in [6.45, 7) is 3.79. The average molecular weight is 336 g/mol. The van der Waals surface area contributed by atoms with Crippen molar-refractivity contribution in [2.75, 3.05) is 4.90 Å². The van der Waals surface area contributed by atoms with E-state index in [9.17, 15) is 9.59 Å². The minimum Gasteiger partial charge on any atom is -0.325 e. The van der Waals surface area contributed by atoms with Crippen LogP contribution in [0.1, 0.15) is 13.8 Å². The first-order valence-corrected chi connectivity index (χ1v) is 8.03. The number of aromatic nitrogens is 1. The van der Waals surface area contributed by atoms with Crippen LogP contribution in [0.4, 0.5) is 10.5 Å². The molecule has 3 rings (SSSR count). The lowest BCUT2D eigenvalue weighted by Gasteiger charge is -2.14. The van der Waals surface area contributed by atoms with Gasteiger partial charge >= 0.3 is 6.03 Å². The molecule has 114 valence electrons. The van der Waals surface area contributed by atoms with Crippen LogP contribution in [0.2, 0.25) is 4.34 Å². The predicted octanol–water partition coefficient (Wildman–Crippen LogP) is 3.54. The summed E-state index contributed by atoms with van der Waals surface area (Å²) >= 11 is 7.34. The summed E-state index contributed by atoms with van der Waals surface area (Å²) < 4.78 is 0.690. The molecule has 0 aromatic carbocycles. The van der Waals surface area contributed by atoms with E-state index in [0.717, 1.165) is 15.5 Å². The largest absolute Gasteiger partial charge is 0.329 e. The molecule has 1 aliphatic rings. The molecule has 1 fully saturated rings. The Hall–Kier alpha value is -1.92. The predicted molar refractivity (Wildman–Crippen MR) is 87.2 cm³/mol. The maximum Gasteiger partial charge on any atom is 0.329 e. The van der Waals surface area contributed by atoms with Crippen molar-refractivity contribution < 1.29 is 9.59 Å². The van der Waals surface area contributed by atoms with E-state index in [1.54, 1.807) is 12.1 Å². The Morgan fingerprint density at radius 2 is 2.05 bits per heavy atom. The molecule has 0 saturated carbocycles. The van der Waals surface area contributed by atoms with E-state index in [1.807, 2.05) is 26.0 Å². The number of carbonyl (C=O) groups is 2. The van der Waals surface area contributed by atoms with E-state index < -0.39 is 12.1 Å². The minimum absolute atomic E-state index is 0.0435. The average Bonchev–Trinajstić information content (AvgIpc) is 3.03. The van der Waals surface area contributed by atoms with E-state index in [0.29, 0.717) is 10.0 Å². The van der Waals surface area contributed by atoms with E-state index in [-0.39, 0.29) is 11.8 Å². The van der Waals surface area contributed by atoms with Crippen molar-refractivity contribution in [3.63, 3.8) is 0 Å². The molecular formula is C15H14ClN3O2S. The summed E-state index contributed by atoms with van der Waals surface area (Å²) in [4.78, 5) is 30.7. The normalized spacial score (nSPS) is 18.2. The third-order valence-corrected chi connectivity index (χ3v) is 4.72. The lowest BCUT2D eigenvalue weighted by Crippen LogP contribution is -2.34. The second-order valence-electron chi connectivity index (χ2n) is 5.35. The molecule has 1 aliphatic heterocycles. The molecule has 1 N–H and O–H groups in total. The maximum absolute atomic E-state index is 12.3. The molecule has 22 heavy (non-hydrogen) atoms. The number of thiophene rings is 1. The number of urea groups is 1. The van der Waals surface area contributed by atoms with E-state index in [4.69, 9.17) is 11.6 Å². The summed E-state index contributed by atoms with van der Waals surface area (Å²) in [6.07, 6.45) is 1.53. The Labute approximate surface area is 136 Å². The summed E-state index contributed by atoms with van der Waals surface area (Å²) in [5.41, 5.74) is 1.23. The molecule has 3 heterocycles. The Kier molecular flexibility index (Phi) is 3.88. The van der Waals surface area contributed by atoms with Crippen LogP contribution >= 0.6 is 22.9 Å². The van der Waals surface area contributed by atoms with E-state index in [2.05, 4.69) is 10.3 Å². The third-order valence-electron chi connectivity index (χ3n) is 3.47. The molecule has 5 nitrogen and oxygen atoms in total. The van der Waals surface area contributed by atoms with Gasteiger partial charge in [0.05, 0.1) is 26.8 Å². The summed E-state index contributed by atoms with van der Waals surface area (Å²) in [6, 6.07) is 6.30. The summed E-state index contributed by atoms with van der Waals surface area (Å²) in [5.74, 6) is -0.198. The Morgan fingerprint density at radius 1 is 1.27 bits per heavy atom. The molecule has 3 amide bonds. The molecule has 0 spiro atoms. The monoisotopic (exact) mass is 335 g/mol. The van der Waals surface area contributed by atoms with Gasteiger partial charge in [-0.3, -0.25) is 9.78 Å². The van der Waals surface area contributed by atoms with Gasteiger partial charge < -0.3 is 5.32 Å². The van der Waals surface area contributed by atoms with Gasteiger partial charge in [0.1, 0.15) is 6.04 Å². The number of imide groups is 1. The standard InChI is InChI=1S/C15H14ClN3O2S/c1-8(2)13-14(20)19(15(21)18-13)9-3-4-10(17-7-9)11-5-6-12(16)22-11/h3-8,13H,1-2H3,(H,18,21)/t13-/m0/s1. The first-order valence-electron chi connectivity index (χ1n) is 6.83. The molecule has 0 bridgehead atoms. The third kappa shape index (κ3) is 2.60. The number of hydrogen-bond donors (Lipinski definition) is 1. The summed E-state index contributed by atoms with van der Waals surface area (Å²) in [5, 5.41) is 2.70. The van der Waals surface area contributed by atoms with Gasteiger partial charge in [0.25, 0.3) is 5.91 Å². The number of carbonyl (C=O) groups excluding carboxylic acids is 2. The van der Waals surface area contributed by atoms with Crippen LogP contribution in [0.15, 0.2) is 30.5 Å². The van der Waals surface area contributed by atoms with Crippen LogP contribution < -0.4 is 10.2 Å². The minimum atomic E-state index is -0.483. The highest BCUT2D eigenvalue weighted by atomic mass is 35.5. The number of nitrogens with one attached hydrogen (secondary N) is 1. The van der Waals surface area contributed by atoms with Gasteiger partial charge in [-0.25, -0.2) is 9.69 Å². The van der Waals surface area contributed by atoms with Crippen LogP contribution in [0.5, 0.6) is 0 Å². The van der Waals surface area contributed by atoms with Crippen LogP contribution in [0.3, 0.4) is 0 Å². The second kappa shape index (κ2) is 5.70. The highest BCUT2D eigenvalue weighted by molar-refractivity contribution is 7.19. The molecule has 2 aromatic rings. The maximum atomic E-state index is 12.3. The SMILES string of the molecule is CC(C)[C@@H]1NC(=O)N(c2ccc(-c3ccc(Cl)s3)nc2)C1=O. The smallest absolute Gasteiger partial charge is 0.325 e. The fourth-order valence-electron chi connectivity index (χ4n) is 2.31. The van der Waals surface area contributed by atoms with Crippen LogP contribution in [-0.2, 0) is 4.79 Å². The molecular weight excluding hydrogens is 322 g/mol. The Morgan fingerprint density at radius 3 is 2.55 bits per heavy atom. The number of amides is 3. The Bertz CT molecular complexity index is 727. The molecule has 0 unspecified atom stereocenters. The number of halogens is 1. The Balaban J connectivity index is 1.87. The fraction of sp³-hybridized carbons (Fsp3) is 0.267. The number of hydrogen-bond acceptors (Lipinski definition) is 4. The molecule has 0 radical (unpaired) electrons. The lowest BCUT2D eigenvalue weighted by atomic mass is 10.1. The van der Waals surface area contributed by atoms with Gasteiger partial charge in [0.2, 0.25) is 0 Å². The quantitative estimate of drug-likeness (QED) is 0.872. The van der Waals surface area contributed by atoms with Gasteiger partial charge in [0.15, 0.2) is 0 Å². The molecule has 2 aromatic heterocycles. The van der Waals surface area contributed by atoms with Crippen LogP contribution in [0.25, 0.3) is 10.6 Å². The van der Waals surface area contributed by atoms with E-state index >= 15 is 0 Å². The van der Waals surface area contributed by atoms with Crippen LogP contribution in [0, 0.1) is 5.92 Å². The molecule has 1 saturated heterocycles. The van der Waals surface area contributed by atoms with Gasteiger partial charge in [-0.05, 0) is 30.2 Å². The van der Waals surface area contributed by atoms with E-state index in [1.165, 1.54) is 17.5 Å². The molecule has 1 atom stereocenters. The first-order chi connectivity index (χ1) is 10.5. The number of rotatable bonds is 3. The first kappa shape index (κ1) is 15.0. The zero-order valence-electron chi connectivity index (χ0n) is 12.0. The van der Waals surface area contributed by atoms with Crippen molar-refractivity contribution in [2.24, 2.45) is 5.92 Å². The van der Waals surface area contributed by atoms with Crippen molar-refractivity contribution in [1.82, 2.24) is 10.3 Å². The van der Waals surface area contributed by atoms with Crippen molar-refractivity contribution >= 4 is 40.6 Å². The van der Waals surface area contributed by atoms with Gasteiger partial charge in [0, 0.05) is 0 Å². The van der Waals surface area contributed by atoms with Gasteiger partial charge in [-0.2, -0.15) is 0 Å². The van der Waals surface area contributed by atoms with Crippen LogP contribution in [-0.4, -0.2) is 23.0 Å². The fourth-order valence-corrected chi connectivity index (χ4v) is 3.33. The number of pyridine rings is 1. The highest BCUT2D eigenvalue weighted by Crippen LogP contribution is 2.31. The summed E-state index contributed by atoms with van der Waals surface area (Å²) in [7, 11) is 0. The number of anilines is 1. The molecule has 0 aliphatic carbocycles. The lowest BCUT2D eigenvalue weighted by molar-refractivity contribution is -0.119. The topological polar surface area (TPSA) is 62.3 Å². The van der Waals surface area contributed by atoms with Crippen molar-refractivity contribution in [3.8, 4) is 10.6 Å². The zero-order valence-corrected chi connectivity index (χ0v) is 13.6. The highest BCUT2D eigenvalue weighted by Gasteiger charge is 2.40. The van der Waals surface area contributed by atoms with Crippen molar-refractivity contribution in [2.45, 2.75) is 19.9 Å². The number of nitrogens with zero attached hydrogens (tertiary/aromatic N) is 2. The zero-order chi connectivity index (χ0) is 15.9. The van der Waals surface area contributed by atoms with Gasteiger partial charge in [-0.15, -0.1) is 11.3 Å². The van der Waals surface area contributed by atoms with Gasteiger partial charge in [-0.1, -0.05) is 25.4 Å². The van der Waals surface area contributed by atoms with Crippen molar-refractivity contribution in [1.29, 1.82) is 0 Å². The molecule has 7 heteroatoms. The van der Waals surface area contributed by atoms with Crippen molar-refractivity contribution in [3.05, 3.63) is 34.8 Å².